The molecule has 0 N–H and O–H groups in total. The molecule has 0 saturated carbocycles. The van der Waals surface area contributed by atoms with Crippen LogP contribution in [0.3, 0.4) is 0 Å². The van der Waals surface area contributed by atoms with Crippen molar-refractivity contribution in [1.29, 1.82) is 0 Å². The Morgan fingerprint density at radius 2 is 1.85 bits per heavy atom. The standard InChI is InChI=1S/C7H13Cl2NO3/c1-10(7(11)6(8)9)4-5(12-2)13-3/h5-6H,4H2,1-3H3. The minimum atomic E-state index is -1.04. The van der Waals surface area contributed by atoms with Crippen LogP contribution >= 0.6 is 23.2 Å². The lowest BCUT2D eigenvalue weighted by atomic mass is 10.5. The van der Waals surface area contributed by atoms with Crippen molar-refractivity contribution in [2.75, 3.05) is 27.8 Å². The predicted octanol–water partition coefficient (Wildman–Crippen LogP) is 0.867. The van der Waals surface area contributed by atoms with Crippen molar-refractivity contribution in [1.82, 2.24) is 4.90 Å². The van der Waals surface area contributed by atoms with Crippen LogP contribution in [0.25, 0.3) is 0 Å². The molecule has 0 aromatic rings. The van der Waals surface area contributed by atoms with E-state index in [0.717, 1.165) is 0 Å². The SMILES string of the molecule is COC(CN(C)C(=O)C(Cl)Cl)OC. The molecule has 13 heavy (non-hydrogen) atoms. The van der Waals surface area contributed by atoms with E-state index >= 15 is 0 Å². The molecule has 1 amide bonds. The lowest BCUT2D eigenvalue weighted by molar-refractivity contribution is -0.141. The number of likely N-dealkylation sites (N-methyl/N-ethyl adjacent to an activating group) is 1. The summed E-state index contributed by atoms with van der Waals surface area (Å²) in [5.41, 5.74) is 0. The van der Waals surface area contributed by atoms with Gasteiger partial charge in [0.05, 0.1) is 6.54 Å². The second-order valence-electron chi connectivity index (χ2n) is 2.42. The van der Waals surface area contributed by atoms with Gasteiger partial charge in [0.2, 0.25) is 0 Å². The predicted molar refractivity (Wildman–Crippen MR) is 50.9 cm³/mol. The Hall–Kier alpha value is -0.0300. The molecule has 0 bridgehead atoms. The van der Waals surface area contributed by atoms with E-state index < -0.39 is 11.1 Å². The second kappa shape index (κ2) is 6.43. The molecule has 0 aliphatic rings. The summed E-state index contributed by atoms with van der Waals surface area (Å²) in [5.74, 6) is -0.373. The van der Waals surface area contributed by atoms with Gasteiger partial charge in [-0.05, 0) is 0 Å². The van der Waals surface area contributed by atoms with Crippen LogP contribution in [0, 0.1) is 0 Å². The van der Waals surface area contributed by atoms with E-state index in [-0.39, 0.29) is 5.91 Å². The molecule has 0 aliphatic heterocycles. The summed E-state index contributed by atoms with van der Waals surface area (Å²) in [6.07, 6.45) is -0.457. The van der Waals surface area contributed by atoms with E-state index in [1.807, 2.05) is 0 Å². The quantitative estimate of drug-likeness (QED) is 0.519. The normalized spacial score (nSPS) is 11.0. The number of nitrogens with zero attached hydrogens (tertiary/aromatic N) is 1. The topological polar surface area (TPSA) is 38.8 Å². The van der Waals surface area contributed by atoms with Crippen LogP contribution in [0.1, 0.15) is 0 Å². The Bertz CT molecular complexity index is 162. The number of hydrogen-bond acceptors (Lipinski definition) is 3. The number of rotatable bonds is 5. The van der Waals surface area contributed by atoms with Crippen LogP contribution in [0.5, 0.6) is 0 Å². The number of carbonyl (C=O) groups is 1. The molecule has 4 nitrogen and oxygen atoms in total. The molecule has 78 valence electrons. The summed E-state index contributed by atoms with van der Waals surface area (Å²) in [5, 5.41) is 0. The average molecular weight is 230 g/mol. The monoisotopic (exact) mass is 229 g/mol. The van der Waals surface area contributed by atoms with Gasteiger partial charge in [-0.1, -0.05) is 23.2 Å². The van der Waals surface area contributed by atoms with Gasteiger partial charge in [0, 0.05) is 21.3 Å². The third-order valence-corrected chi connectivity index (χ3v) is 1.88. The Morgan fingerprint density at radius 3 is 2.15 bits per heavy atom. The number of ether oxygens (including phenoxy) is 2. The van der Waals surface area contributed by atoms with E-state index in [2.05, 4.69) is 0 Å². The van der Waals surface area contributed by atoms with Gasteiger partial charge in [0.15, 0.2) is 11.1 Å². The van der Waals surface area contributed by atoms with Crippen LogP contribution < -0.4 is 0 Å². The summed E-state index contributed by atoms with van der Waals surface area (Å²) >= 11 is 10.8. The zero-order chi connectivity index (χ0) is 10.4. The Labute approximate surface area is 87.7 Å². The van der Waals surface area contributed by atoms with Gasteiger partial charge in [-0.2, -0.15) is 0 Å². The lowest BCUT2D eigenvalue weighted by Gasteiger charge is -2.22. The molecule has 6 heteroatoms. The first-order valence-electron chi connectivity index (χ1n) is 3.61. The summed E-state index contributed by atoms with van der Waals surface area (Å²) in [6.45, 7) is 0.293. The van der Waals surface area contributed by atoms with Gasteiger partial charge in [-0.3, -0.25) is 4.79 Å². The summed E-state index contributed by atoms with van der Waals surface area (Å²) < 4.78 is 9.80. The minimum absolute atomic E-state index is 0.293. The van der Waals surface area contributed by atoms with Crippen LogP contribution in [-0.2, 0) is 14.3 Å². The van der Waals surface area contributed by atoms with Gasteiger partial charge in [-0.15, -0.1) is 0 Å². The van der Waals surface area contributed by atoms with E-state index in [4.69, 9.17) is 32.7 Å². The van der Waals surface area contributed by atoms with Crippen molar-refractivity contribution in [3.63, 3.8) is 0 Å². The van der Waals surface area contributed by atoms with Crippen LogP contribution in [0.15, 0.2) is 0 Å². The minimum Gasteiger partial charge on any atom is -0.354 e. The van der Waals surface area contributed by atoms with Gasteiger partial charge >= 0.3 is 0 Å². The van der Waals surface area contributed by atoms with Gasteiger partial charge in [-0.25, -0.2) is 0 Å². The first-order chi connectivity index (χ1) is 6.02. The molecule has 0 atom stereocenters. The number of amides is 1. The van der Waals surface area contributed by atoms with Gasteiger partial charge in [0.1, 0.15) is 0 Å². The van der Waals surface area contributed by atoms with Gasteiger partial charge in [0.25, 0.3) is 5.91 Å². The first-order valence-corrected chi connectivity index (χ1v) is 4.49. The van der Waals surface area contributed by atoms with E-state index in [1.54, 1.807) is 7.05 Å². The summed E-state index contributed by atoms with van der Waals surface area (Å²) in [7, 11) is 4.56. The fraction of sp³-hybridized carbons (Fsp3) is 0.857. The highest BCUT2D eigenvalue weighted by Gasteiger charge is 2.19. The van der Waals surface area contributed by atoms with Crippen molar-refractivity contribution in [3.8, 4) is 0 Å². The largest absolute Gasteiger partial charge is 0.354 e. The zero-order valence-electron chi connectivity index (χ0n) is 7.79. The van der Waals surface area contributed by atoms with E-state index in [0.29, 0.717) is 6.54 Å². The van der Waals surface area contributed by atoms with Crippen molar-refractivity contribution in [2.24, 2.45) is 0 Å². The molecular weight excluding hydrogens is 217 g/mol. The third-order valence-electron chi connectivity index (χ3n) is 1.51. The van der Waals surface area contributed by atoms with Crippen molar-refractivity contribution >= 4 is 29.1 Å². The summed E-state index contributed by atoms with van der Waals surface area (Å²) in [6, 6.07) is 0. The molecular formula is C7H13Cl2NO3. The van der Waals surface area contributed by atoms with Crippen LogP contribution in [-0.4, -0.2) is 49.7 Å². The average Bonchev–Trinajstić information content (AvgIpc) is 2.12. The molecule has 0 heterocycles. The van der Waals surface area contributed by atoms with E-state index in [1.165, 1.54) is 19.1 Å². The highest BCUT2D eigenvalue weighted by molar-refractivity contribution is 6.53. The molecule has 0 aromatic heterocycles. The summed E-state index contributed by atoms with van der Waals surface area (Å²) in [4.78, 5) is 11.5. The maximum atomic E-state index is 11.2. The van der Waals surface area contributed by atoms with Crippen LogP contribution in [0.2, 0.25) is 0 Å². The molecule has 0 rings (SSSR count). The highest BCUT2D eigenvalue weighted by atomic mass is 35.5. The Kier molecular flexibility index (Phi) is 6.41. The number of alkyl halides is 2. The molecule has 0 saturated heterocycles. The maximum absolute atomic E-state index is 11.2. The van der Waals surface area contributed by atoms with E-state index in [9.17, 15) is 4.79 Å². The first kappa shape index (κ1) is 13.0. The number of halogens is 2. The van der Waals surface area contributed by atoms with Crippen LogP contribution in [0.4, 0.5) is 0 Å². The second-order valence-corrected chi connectivity index (χ2v) is 3.52. The molecule has 0 radical (unpaired) electrons. The molecule has 0 fully saturated rings. The smallest absolute Gasteiger partial charge is 0.255 e. The Balaban J connectivity index is 3.97. The molecule has 0 spiro atoms. The number of carbonyl (C=O) groups excluding carboxylic acids is 1. The highest BCUT2D eigenvalue weighted by Crippen LogP contribution is 2.06. The lowest BCUT2D eigenvalue weighted by Crippen LogP contribution is -2.38. The van der Waals surface area contributed by atoms with Crippen molar-refractivity contribution in [3.05, 3.63) is 0 Å². The number of hydrogen-bond donors (Lipinski definition) is 0. The molecule has 0 unspecified atom stereocenters. The van der Waals surface area contributed by atoms with Crippen molar-refractivity contribution in [2.45, 2.75) is 11.1 Å². The fourth-order valence-electron chi connectivity index (χ4n) is 0.725. The fourth-order valence-corrected chi connectivity index (χ4v) is 1.06. The van der Waals surface area contributed by atoms with Gasteiger partial charge < -0.3 is 14.4 Å². The zero-order valence-corrected chi connectivity index (χ0v) is 9.30. The van der Waals surface area contributed by atoms with Crippen molar-refractivity contribution < 1.29 is 14.3 Å². The Morgan fingerprint density at radius 1 is 1.38 bits per heavy atom. The maximum Gasteiger partial charge on any atom is 0.255 e. The molecule has 0 aromatic carbocycles. The molecule has 0 aliphatic carbocycles. The number of methoxy groups -OCH3 is 2. The third kappa shape index (κ3) is 4.67.